The van der Waals surface area contributed by atoms with E-state index in [-0.39, 0.29) is 6.04 Å². The van der Waals surface area contributed by atoms with E-state index in [0.29, 0.717) is 5.92 Å². The first-order chi connectivity index (χ1) is 3.34. The Kier molecular flexibility index (Phi) is 0.994. The average molecular weight is 96.1 g/mol. The van der Waals surface area contributed by atoms with E-state index < -0.39 is 0 Å². The van der Waals surface area contributed by atoms with E-state index in [9.17, 15) is 0 Å². The van der Waals surface area contributed by atoms with Crippen LogP contribution in [0.15, 0.2) is 0 Å². The van der Waals surface area contributed by atoms with Gasteiger partial charge in [-0.05, 0) is 18.8 Å². The number of nitrogens with zero attached hydrogens (tertiary/aromatic N) is 1. The van der Waals surface area contributed by atoms with Crippen LogP contribution in [-0.2, 0) is 0 Å². The van der Waals surface area contributed by atoms with Crippen LogP contribution < -0.4 is 5.73 Å². The number of hydrogen-bond acceptors (Lipinski definition) is 2. The fraction of sp³-hybridized carbons (Fsp3) is 0.800. The van der Waals surface area contributed by atoms with Crippen molar-refractivity contribution in [3.63, 3.8) is 0 Å². The van der Waals surface area contributed by atoms with Gasteiger partial charge in [0.05, 0.1) is 12.1 Å². The van der Waals surface area contributed by atoms with Gasteiger partial charge < -0.3 is 5.73 Å². The lowest BCUT2D eigenvalue weighted by Gasteiger charge is -1.91. The summed E-state index contributed by atoms with van der Waals surface area (Å²) in [6, 6.07) is 1.82. The number of nitrogens with two attached hydrogens (primary N) is 1. The maximum Gasteiger partial charge on any atom is 0.0956 e. The van der Waals surface area contributed by atoms with E-state index in [1.54, 1.807) is 0 Å². The maximum absolute atomic E-state index is 8.17. The Balaban J connectivity index is 2.27. The second kappa shape index (κ2) is 1.51. The van der Waals surface area contributed by atoms with Gasteiger partial charge in [0.15, 0.2) is 0 Å². The highest BCUT2D eigenvalue weighted by Gasteiger charge is 2.27. The second-order valence-electron chi connectivity index (χ2n) is 1.99. The van der Waals surface area contributed by atoms with Crippen molar-refractivity contribution in [3.05, 3.63) is 0 Å². The van der Waals surface area contributed by atoms with Crippen LogP contribution in [0, 0.1) is 17.2 Å². The summed E-state index contributed by atoms with van der Waals surface area (Å²) < 4.78 is 0. The van der Waals surface area contributed by atoms with Crippen molar-refractivity contribution in [3.8, 4) is 6.07 Å². The molecular formula is C5H8N2. The second-order valence-corrected chi connectivity index (χ2v) is 1.99. The molecule has 38 valence electrons. The van der Waals surface area contributed by atoms with E-state index >= 15 is 0 Å². The molecule has 0 heterocycles. The first-order valence-electron chi connectivity index (χ1n) is 2.50. The summed E-state index contributed by atoms with van der Waals surface area (Å²) in [5.41, 5.74) is 5.32. The molecule has 2 heteroatoms. The molecule has 0 saturated heterocycles. The van der Waals surface area contributed by atoms with Gasteiger partial charge in [-0.15, -0.1) is 0 Å². The fourth-order valence-electron chi connectivity index (χ4n) is 0.561. The highest BCUT2D eigenvalue weighted by molar-refractivity contribution is 4.97. The molecule has 1 fully saturated rings. The molecule has 1 aliphatic rings. The lowest BCUT2D eigenvalue weighted by atomic mass is 10.2. The Morgan fingerprint density at radius 1 is 1.71 bits per heavy atom. The predicted molar refractivity (Wildman–Crippen MR) is 26.3 cm³/mol. The van der Waals surface area contributed by atoms with Crippen LogP contribution in [0.4, 0.5) is 0 Å². The topological polar surface area (TPSA) is 49.8 Å². The summed E-state index contributed by atoms with van der Waals surface area (Å²) in [4.78, 5) is 0. The number of hydrogen-bond donors (Lipinski definition) is 1. The predicted octanol–water partition coefficient (Wildman–Crippen LogP) is 0.247. The van der Waals surface area contributed by atoms with Gasteiger partial charge in [-0.25, -0.2) is 0 Å². The van der Waals surface area contributed by atoms with E-state index in [0.717, 1.165) is 12.8 Å². The van der Waals surface area contributed by atoms with Crippen LogP contribution in [0.25, 0.3) is 0 Å². The van der Waals surface area contributed by atoms with E-state index in [1.807, 2.05) is 6.07 Å². The van der Waals surface area contributed by atoms with Gasteiger partial charge in [0.2, 0.25) is 0 Å². The monoisotopic (exact) mass is 96.1 g/mol. The molecule has 2 nitrogen and oxygen atoms in total. The zero-order chi connectivity index (χ0) is 5.28. The summed E-state index contributed by atoms with van der Waals surface area (Å²) in [5, 5.41) is 8.17. The Hall–Kier alpha value is -0.550. The Labute approximate surface area is 42.9 Å². The molecule has 2 N–H and O–H groups in total. The van der Waals surface area contributed by atoms with Crippen LogP contribution in [0.2, 0.25) is 0 Å². The Bertz CT molecular complexity index is 99.1. The van der Waals surface area contributed by atoms with Crippen LogP contribution in [0.3, 0.4) is 0 Å². The molecule has 0 aliphatic heterocycles. The van der Waals surface area contributed by atoms with Gasteiger partial charge >= 0.3 is 0 Å². The van der Waals surface area contributed by atoms with Crippen LogP contribution in [0.5, 0.6) is 0 Å². The fourth-order valence-corrected chi connectivity index (χ4v) is 0.561. The third-order valence-electron chi connectivity index (χ3n) is 1.28. The smallest absolute Gasteiger partial charge is 0.0956 e. The molecule has 1 rings (SSSR count). The van der Waals surface area contributed by atoms with E-state index in [1.165, 1.54) is 0 Å². The molecule has 0 aromatic heterocycles. The van der Waals surface area contributed by atoms with Gasteiger partial charge in [-0.1, -0.05) is 0 Å². The summed E-state index contributed by atoms with van der Waals surface area (Å²) >= 11 is 0. The van der Waals surface area contributed by atoms with Crippen molar-refractivity contribution in [2.24, 2.45) is 11.7 Å². The molecule has 1 atom stereocenters. The standard InChI is InChI=1S/C5H8N2/c6-3-5(7)4-1-2-4/h4-5H,1-2,7H2/t5-/m0/s1. The first kappa shape index (κ1) is 4.61. The molecular weight excluding hydrogens is 88.1 g/mol. The first-order valence-corrected chi connectivity index (χ1v) is 2.50. The van der Waals surface area contributed by atoms with Crippen LogP contribution >= 0.6 is 0 Å². The number of rotatable bonds is 1. The quantitative estimate of drug-likeness (QED) is 0.508. The van der Waals surface area contributed by atoms with Crippen LogP contribution in [0.1, 0.15) is 12.8 Å². The Morgan fingerprint density at radius 2 is 2.29 bits per heavy atom. The normalized spacial score (nSPS) is 23.4. The lowest BCUT2D eigenvalue weighted by Crippen LogP contribution is -2.18. The molecule has 0 aromatic carbocycles. The minimum Gasteiger partial charge on any atom is -0.316 e. The van der Waals surface area contributed by atoms with Crippen LogP contribution in [-0.4, -0.2) is 6.04 Å². The Morgan fingerprint density at radius 3 is 2.43 bits per heavy atom. The van der Waals surface area contributed by atoms with Gasteiger partial charge in [-0.3, -0.25) is 0 Å². The zero-order valence-corrected chi connectivity index (χ0v) is 4.09. The molecule has 1 saturated carbocycles. The number of nitriles is 1. The van der Waals surface area contributed by atoms with E-state index in [2.05, 4.69) is 0 Å². The third-order valence-corrected chi connectivity index (χ3v) is 1.28. The molecule has 7 heavy (non-hydrogen) atoms. The minimum absolute atomic E-state index is 0.181. The average Bonchev–Trinajstić information content (AvgIpc) is 2.44. The summed E-state index contributed by atoms with van der Waals surface area (Å²) in [6.07, 6.45) is 2.32. The van der Waals surface area contributed by atoms with Gasteiger partial charge in [0.25, 0.3) is 0 Å². The van der Waals surface area contributed by atoms with Gasteiger partial charge in [0.1, 0.15) is 0 Å². The summed E-state index contributed by atoms with van der Waals surface area (Å²) in [5.74, 6) is 0.532. The van der Waals surface area contributed by atoms with Crippen molar-refractivity contribution < 1.29 is 0 Å². The minimum atomic E-state index is -0.181. The van der Waals surface area contributed by atoms with Crippen molar-refractivity contribution in [1.29, 1.82) is 5.26 Å². The molecule has 1 aliphatic carbocycles. The van der Waals surface area contributed by atoms with Crippen molar-refractivity contribution >= 4 is 0 Å². The van der Waals surface area contributed by atoms with Gasteiger partial charge in [0, 0.05) is 0 Å². The largest absolute Gasteiger partial charge is 0.316 e. The van der Waals surface area contributed by atoms with Gasteiger partial charge in [-0.2, -0.15) is 5.26 Å². The molecule has 0 bridgehead atoms. The van der Waals surface area contributed by atoms with Crippen molar-refractivity contribution in [2.45, 2.75) is 18.9 Å². The molecule has 0 aromatic rings. The molecule has 0 radical (unpaired) electrons. The summed E-state index contributed by atoms with van der Waals surface area (Å²) in [7, 11) is 0. The third kappa shape index (κ3) is 0.908. The van der Waals surface area contributed by atoms with Crippen molar-refractivity contribution in [1.82, 2.24) is 0 Å². The maximum atomic E-state index is 8.17. The highest BCUT2D eigenvalue weighted by atomic mass is 14.7. The highest BCUT2D eigenvalue weighted by Crippen LogP contribution is 2.30. The molecule has 0 spiro atoms. The SMILES string of the molecule is N#C[C@H](N)C1CC1. The molecule has 0 amide bonds. The summed E-state index contributed by atoms with van der Waals surface area (Å²) in [6.45, 7) is 0. The zero-order valence-electron chi connectivity index (χ0n) is 4.09. The lowest BCUT2D eigenvalue weighted by molar-refractivity contribution is 0.722. The van der Waals surface area contributed by atoms with Crippen molar-refractivity contribution in [2.75, 3.05) is 0 Å². The van der Waals surface area contributed by atoms with E-state index in [4.69, 9.17) is 11.0 Å². The molecule has 0 unspecified atom stereocenters.